The molecule has 0 radical (unpaired) electrons. The molecule has 1 aromatic rings. The highest BCUT2D eigenvalue weighted by Crippen LogP contribution is 2.31. The molecular weight excluding hydrogens is 258 g/mol. The van der Waals surface area contributed by atoms with Crippen LogP contribution in [0.1, 0.15) is 57.9 Å². The van der Waals surface area contributed by atoms with Gasteiger partial charge in [0.15, 0.2) is 0 Å². The van der Waals surface area contributed by atoms with Gasteiger partial charge in [-0.25, -0.2) is 0 Å². The fourth-order valence-electron chi connectivity index (χ4n) is 3.17. The number of hydrogen-bond acceptors (Lipinski definition) is 2. The summed E-state index contributed by atoms with van der Waals surface area (Å²) < 4.78 is 6.38. The monoisotopic (exact) mass is 289 g/mol. The molecule has 21 heavy (non-hydrogen) atoms. The maximum Gasteiger partial charge on any atom is 0.0806 e. The molecule has 0 spiro atoms. The number of aryl methyl sites for hydroxylation is 1. The molecule has 2 heteroatoms. The first kappa shape index (κ1) is 16.5. The Balaban J connectivity index is 1.76. The van der Waals surface area contributed by atoms with Crippen molar-refractivity contribution in [2.24, 2.45) is 0 Å². The van der Waals surface area contributed by atoms with E-state index < -0.39 is 0 Å². The van der Waals surface area contributed by atoms with Gasteiger partial charge in [-0.3, -0.25) is 0 Å². The molecule has 1 saturated carbocycles. The molecule has 0 amide bonds. The lowest BCUT2D eigenvalue weighted by molar-refractivity contribution is -0.0700. The summed E-state index contributed by atoms with van der Waals surface area (Å²) in [6, 6.07) is 11.3. The van der Waals surface area contributed by atoms with Crippen LogP contribution in [0.2, 0.25) is 0 Å². The van der Waals surface area contributed by atoms with Crippen molar-refractivity contribution in [3.8, 4) is 0 Å². The molecule has 0 saturated heterocycles. The lowest BCUT2D eigenvalue weighted by Gasteiger charge is -2.38. The van der Waals surface area contributed by atoms with E-state index in [1.165, 1.54) is 37.7 Å². The van der Waals surface area contributed by atoms with Crippen molar-refractivity contribution in [1.82, 2.24) is 5.32 Å². The zero-order valence-electron chi connectivity index (χ0n) is 13.7. The Morgan fingerprint density at radius 1 is 1.10 bits per heavy atom. The fourth-order valence-corrected chi connectivity index (χ4v) is 3.17. The average molecular weight is 289 g/mol. The van der Waals surface area contributed by atoms with Crippen LogP contribution < -0.4 is 5.32 Å². The van der Waals surface area contributed by atoms with Crippen molar-refractivity contribution in [3.63, 3.8) is 0 Å². The smallest absolute Gasteiger partial charge is 0.0806 e. The Hall–Kier alpha value is -0.860. The third kappa shape index (κ3) is 5.80. The van der Waals surface area contributed by atoms with Gasteiger partial charge in [0.25, 0.3) is 0 Å². The van der Waals surface area contributed by atoms with Gasteiger partial charge in [0.2, 0.25) is 0 Å². The molecule has 0 aromatic heterocycles. The second-order valence-corrected chi connectivity index (χ2v) is 6.72. The van der Waals surface area contributed by atoms with Gasteiger partial charge < -0.3 is 10.1 Å². The Morgan fingerprint density at radius 2 is 1.81 bits per heavy atom. The highest BCUT2D eigenvalue weighted by molar-refractivity contribution is 5.14. The predicted octanol–water partition coefficient (Wildman–Crippen LogP) is 4.34. The largest absolute Gasteiger partial charge is 0.374 e. The van der Waals surface area contributed by atoms with Crippen LogP contribution in [-0.4, -0.2) is 24.8 Å². The van der Waals surface area contributed by atoms with E-state index in [0.29, 0.717) is 6.04 Å². The van der Waals surface area contributed by atoms with Crippen molar-refractivity contribution < 1.29 is 4.74 Å². The molecule has 0 aliphatic heterocycles. The molecule has 0 atom stereocenters. The van der Waals surface area contributed by atoms with Crippen molar-refractivity contribution in [1.29, 1.82) is 0 Å². The highest BCUT2D eigenvalue weighted by Gasteiger charge is 2.32. The number of rotatable bonds is 8. The number of hydrogen-bond donors (Lipinski definition) is 1. The SMILES string of the molecule is CC(C)NCC1(OCCCc2ccccc2)CCCCC1. The molecule has 1 aliphatic rings. The molecule has 2 rings (SSSR count). The van der Waals surface area contributed by atoms with Crippen LogP contribution in [0, 0.1) is 0 Å². The topological polar surface area (TPSA) is 21.3 Å². The Morgan fingerprint density at radius 3 is 2.48 bits per heavy atom. The number of benzene rings is 1. The van der Waals surface area contributed by atoms with Crippen LogP contribution >= 0.6 is 0 Å². The van der Waals surface area contributed by atoms with E-state index in [-0.39, 0.29) is 5.60 Å². The first-order valence-electron chi connectivity index (χ1n) is 8.61. The summed E-state index contributed by atoms with van der Waals surface area (Å²) in [4.78, 5) is 0. The molecule has 1 aromatic carbocycles. The van der Waals surface area contributed by atoms with Gasteiger partial charge in [0.1, 0.15) is 0 Å². The molecule has 0 heterocycles. The van der Waals surface area contributed by atoms with Gasteiger partial charge in [0, 0.05) is 19.2 Å². The van der Waals surface area contributed by atoms with Gasteiger partial charge in [-0.15, -0.1) is 0 Å². The van der Waals surface area contributed by atoms with E-state index in [0.717, 1.165) is 26.0 Å². The van der Waals surface area contributed by atoms with E-state index in [9.17, 15) is 0 Å². The Labute approximate surface area is 130 Å². The summed E-state index contributed by atoms with van der Waals surface area (Å²) in [5.41, 5.74) is 1.51. The third-order valence-corrected chi connectivity index (χ3v) is 4.46. The first-order chi connectivity index (χ1) is 10.2. The van der Waals surface area contributed by atoms with Crippen LogP contribution in [-0.2, 0) is 11.2 Å². The third-order valence-electron chi connectivity index (χ3n) is 4.46. The quantitative estimate of drug-likeness (QED) is 0.719. The van der Waals surface area contributed by atoms with Gasteiger partial charge in [0.05, 0.1) is 5.60 Å². The maximum absolute atomic E-state index is 6.38. The normalized spacial score (nSPS) is 18.0. The zero-order chi connectivity index (χ0) is 15.0. The van der Waals surface area contributed by atoms with E-state index in [1.807, 2.05) is 0 Å². The van der Waals surface area contributed by atoms with Crippen molar-refractivity contribution in [3.05, 3.63) is 35.9 Å². The molecular formula is C19H31NO. The molecule has 1 fully saturated rings. The van der Waals surface area contributed by atoms with Gasteiger partial charge in [-0.2, -0.15) is 0 Å². The van der Waals surface area contributed by atoms with Crippen LogP contribution in [0.4, 0.5) is 0 Å². The summed E-state index contributed by atoms with van der Waals surface area (Å²) in [7, 11) is 0. The van der Waals surface area contributed by atoms with E-state index >= 15 is 0 Å². The maximum atomic E-state index is 6.38. The number of nitrogens with one attached hydrogen (secondary N) is 1. The molecule has 1 aliphatic carbocycles. The molecule has 1 N–H and O–H groups in total. The van der Waals surface area contributed by atoms with Gasteiger partial charge in [-0.05, 0) is 31.2 Å². The van der Waals surface area contributed by atoms with Gasteiger partial charge >= 0.3 is 0 Å². The van der Waals surface area contributed by atoms with Crippen LogP contribution in [0.25, 0.3) is 0 Å². The predicted molar refractivity (Wildman–Crippen MR) is 89.7 cm³/mol. The minimum atomic E-state index is 0.0964. The Bertz CT molecular complexity index is 382. The average Bonchev–Trinajstić information content (AvgIpc) is 2.52. The minimum absolute atomic E-state index is 0.0964. The van der Waals surface area contributed by atoms with Crippen LogP contribution in [0.15, 0.2) is 30.3 Å². The van der Waals surface area contributed by atoms with Crippen LogP contribution in [0.3, 0.4) is 0 Å². The van der Waals surface area contributed by atoms with Crippen molar-refractivity contribution in [2.75, 3.05) is 13.2 Å². The van der Waals surface area contributed by atoms with E-state index in [4.69, 9.17) is 4.74 Å². The standard InChI is InChI=1S/C19H31NO/c1-17(2)20-16-19(13-7-4-8-14-19)21-15-9-12-18-10-5-3-6-11-18/h3,5-6,10-11,17,20H,4,7-9,12-16H2,1-2H3. The summed E-state index contributed by atoms with van der Waals surface area (Å²) in [6.07, 6.45) is 8.69. The second kappa shape index (κ2) is 8.55. The summed E-state index contributed by atoms with van der Waals surface area (Å²) in [5.74, 6) is 0. The first-order valence-corrected chi connectivity index (χ1v) is 8.61. The molecule has 0 bridgehead atoms. The summed E-state index contributed by atoms with van der Waals surface area (Å²) in [6.45, 7) is 6.32. The lowest BCUT2D eigenvalue weighted by Crippen LogP contribution is -2.46. The summed E-state index contributed by atoms with van der Waals surface area (Å²) in [5, 5.41) is 3.59. The van der Waals surface area contributed by atoms with Gasteiger partial charge in [-0.1, -0.05) is 63.4 Å². The molecule has 0 unspecified atom stereocenters. The summed E-state index contributed by atoms with van der Waals surface area (Å²) >= 11 is 0. The number of ether oxygens (including phenoxy) is 1. The lowest BCUT2D eigenvalue weighted by atomic mass is 9.84. The van der Waals surface area contributed by atoms with E-state index in [2.05, 4.69) is 49.5 Å². The van der Waals surface area contributed by atoms with Crippen molar-refractivity contribution in [2.45, 2.75) is 70.4 Å². The second-order valence-electron chi connectivity index (χ2n) is 6.72. The fraction of sp³-hybridized carbons (Fsp3) is 0.684. The van der Waals surface area contributed by atoms with Crippen molar-refractivity contribution >= 4 is 0 Å². The Kier molecular flexibility index (Phi) is 6.72. The minimum Gasteiger partial charge on any atom is -0.374 e. The molecule has 2 nitrogen and oxygen atoms in total. The highest BCUT2D eigenvalue weighted by atomic mass is 16.5. The van der Waals surface area contributed by atoms with Crippen LogP contribution in [0.5, 0.6) is 0 Å². The molecule has 118 valence electrons. The zero-order valence-corrected chi connectivity index (χ0v) is 13.7. The van der Waals surface area contributed by atoms with E-state index in [1.54, 1.807) is 0 Å².